The summed E-state index contributed by atoms with van der Waals surface area (Å²) >= 11 is 0. The van der Waals surface area contributed by atoms with Crippen LogP contribution >= 0.6 is 0 Å². The number of carbonyl (C=O) groups is 2. The molecular weight excluding hydrogens is 290 g/mol. The van der Waals surface area contributed by atoms with Crippen LogP contribution in [0.4, 0.5) is 0 Å². The minimum atomic E-state index is -0.497. The first-order valence-electron chi connectivity index (χ1n) is 8.35. The van der Waals surface area contributed by atoms with Gasteiger partial charge >= 0.3 is 0 Å². The number of hydrogen-bond acceptors (Lipinski definition) is 3. The fourth-order valence-corrected chi connectivity index (χ4v) is 2.85. The molecule has 1 fully saturated rings. The van der Waals surface area contributed by atoms with Crippen LogP contribution < -0.4 is 16.0 Å². The standard InChI is InChI=1S/C18H27N3O2/c1-12(2)10-16(18(23)20-14-8-9-19-11-14)21-17(22)15-7-5-4-6-13(15)3/h4-7,12,14,16,19H,8-11H2,1-3H3,(H,20,23)(H,21,22). The minimum Gasteiger partial charge on any atom is -0.350 e. The van der Waals surface area contributed by atoms with Crippen LogP contribution in [0.2, 0.25) is 0 Å². The lowest BCUT2D eigenvalue weighted by atomic mass is 10.0. The van der Waals surface area contributed by atoms with Crippen LogP contribution in [0.25, 0.3) is 0 Å². The van der Waals surface area contributed by atoms with E-state index >= 15 is 0 Å². The Balaban J connectivity index is 2.03. The lowest BCUT2D eigenvalue weighted by molar-refractivity contribution is -0.123. The highest BCUT2D eigenvalue weighted by Crippen LogP contribution is 2.10. The van der Waals surface area contributed by atoms with E-state index in [0.717, 1.165) is 25.1 Å². The van der Waals surface area contributed by atoms with Gasteiger partial charge in [-0.1, -0.05) is 32.0 Å². The van der Waals surface area contributed by atoms with Crippen molar-refractivity contribution in [2.45, 2.75) is 45.7 Å². The van der Waals surface area contributed by atoms with Crippen LogP contribution in [0, 0.1) is 12.8 Å². The van der Waals surface area contributed by atoms with Gasteiger partial charge in [0.05, 0.1) is 0 Å². The van der Waals surface area contributed by atoms with Crippen LogP contribution in [0.1, 0.15) is 42.6 Å². The molecule has 0 radical (unpaired) electrons. The van der Waals surface area contributed by atoms with Gasteiger partial charge in [0.2, 0.25) is 5.91 Å². The molecule has 1 saturated heterocycles. The van der Waals surface area contributed by atoms with Gasteiger partial charge in [-0.3, -0.25) is 9.59 Å². The first-order chi connectivity index (χ1) is 11.0. The second-order valence-electron chi connectivity index (χ2n) is 6.67. The summed E-state index contributed by atoms with van der Waals surface area (Å²) in [5.74, 6) is 0.0485. The molecule has 0 spiro atoms. The second-order valence-corrected chi connectivity index (χ2v) is 6.67. The Kier molecular flexibility index (Phi) is 6.16. The van der Waals surface area contributed by atoms with Gasteiger partial charge in [0, 0.05) is 18.2 Å². The fourth-order valence-electron chi connectivity index (χ4n) is 2.85. The Labute approximate surface area is 138 Å². The van der Waals surface area contributed by atoms with Crippen molar-refractivity contribution in [2.75, 3.05) is 13.1 Å². The monoisotopic (exact) mass is 317 g/mol. The van der Waals surface area contributed by atoms with E-state index in [0.29, 0.717) is 17.9 Å². The molecule has 1 aromatic carbocycles. The lowest BCUT2D eigenvalue weighted by Gasteiger charge is -2.22. The summed E-state index contributed by atoms with van der Waals surface area (Å²) in [5, 5.41) is 9.18. The van der Waals surface area contributed by atoms with E-state index in [2.05, 4.69) is 29.8 Å². The molecule has 0 aliphatic carbocycles. The van der Waals surface area contributed by atoms with E-state index < -0.39 is 6.04 Å². The number of rotatable bonds is 6. The number of amides is 2. The maximum atomic E-state index is 12.5. The highest BCUT2D eigenvalue weighted by molar-refractivity contribution is 5.98. The predicted molar refractivity (Wildman–Crippen MR) is 91.3 cm³/mol. The molecule has 23 heavy (non-hydrogen) atoms. The molecule has 2 unspecified atom stereocenters. The summed E-state index contributed by atoms with van der Waals surface area (Å²) in [6, 6.07) is 7.09. The van der Waals surface area contributed by atoms with Crippen molar-refractivity contribution < 1.29 is 9.59 Å². The fraction of sp³-hybridized carbons (Fsp3) is 0.556. The van der Waals surface area contributed by atoms with Gasteiger partial charge in [-0.15, -0.1) is 0 Å². The van der Waals surface area contributed by atoms with Crippen LogP contribution in [0.5, 0.6) is 0 Å². The normalized spacial score (nSPS) is 18.7. The van der Waals surface area contributed by atoms with Crippen molar-refractivity contribution in [3.05, 3.63) is 35.4 Å². The molecule has 0 bridgehead atoms. The molecule has 1 aliphatic heterocycles. The van der Waals surface area contributed by atoms with Crippen molar-refractivity contribution >= 4 is 11.8 Å². The van der Waals surface area contributed by atoms with Gasteiger partial charge in [0.1, 0.15) is 6.04 Å². The Morgan fingerprint density at radius 3 is 2.65 bits per heavy atom. The SMILES string of the molecule is Cc1ccccc1C(=O)NC(CC(C)C)C(=O)NC1CCNC1. The average molecular weight is 317 g/mol. The van der Waals surface area contributed by atoms with Crippen molar-refractivity contribution in [3.63, 3.8) is 0 Å². The average Bonchev–Trinajstić information content (AvgIpc) is 2.99. The predicted octanol–water partition coefficient (Wildman–Crippen LogP) is 1.62. The molecule has 126 valence electrons. The molecular formula is C18H27N3O2. The van der Waals surface area contributed by atoms with Crippen LogP contribution in [0.15, 0.2) is 24.3 Å². The van der Waals surface area contributed by atoms with Crippen molar-refractivity contribution in [3.8, 4) is 0 Å². The molecule has 1 heterocycles. The zero-order chi connectivity index (χ0) is 16.8. The van der Waals surface area contributed by atoms with Crippen LogP contribution in [-0.2, 0) is 4.79 Å². The molecule has 3 N–H and O–H groups in total. The maximum Gasteiger partial charge on any atom is 0.252 e. The summed E-state index contributed by atoms with van der Waals surface area (Å²) in [7, 11) is 0. The zero-order valence-electron chi connectivity index (χ0n) is 14.2. The molecule has 1 aromatic rings. The van der Waals surface area contributed by atoms with E-state index in [-0.39, 0.29) is 17.9 Å². The van der Waals surface area contributed by atoms with Crippen LogP contribution in [-0.4, -0.2) is 37.0 Å². The smallest absolute Gasteiger partial charge is 0.252 e. The van der Waals surface area contributed by atoms with Crippen molar-refractivity contribution in [1.29, 1.82) is 0 Å². The quantitative estimate of drug-likeness (QED) is 0.747. The number of hydrogen-bond donors (Lipinski definition) is 3. The number of carbonyl (C=O) groups excluding carboxylic acids is 2. The van der Waals surface area contributed by atoms with Gasteiger partial charge in [0.15, 0.2) is 0 Å². The highest BCUT2D eigenvalue weighted by atomic mass is 16.2. The summed E-state index contributed by atoms with van der Waals surface area (Å²) in [6.07, 6.45) is 1.56. The Hall–Kier alpha value is -1.88. The van der Waals surface area contributed by atoms with E-state index in [1.165, 1.54) is 0 Å². The largest absolute Gasteiger partial charge is 0.350 e. The molecule has 2 rings (SSSR count). The molecule has 1 aliphatic rings. The molecule has 2 amide bonds. The third-order valence-corrected chi connectivity index (χ3v) is 4.13. The van der Waals surface area contributed by atoms with E-state index in [9.17, 15) is 9.59 Å². The van der Waals surface area contributed by atoms with Crippen LogP contribution in [0.3, 0.4) is 0 Å². The molecule has 0 saturated carbocycles. The van der Waals surface area contributed by atoms with Gasteiger partial charge in [-0.05, 0) is 43.9 Å². The highest BCUT2D eigenvalue weighted by Gasteiger charge is 2.26. The minimum absolute atomic E-state index is 0.0886. The number of aryl methyl sites for hydroxylation is 1. The van der Waals surface area contributed by atoms with Crippen molar-refractivity contribution in [2.24, 2.45) is 5.92 Å². The van der Waals surface area contributed by atoms with E-state index in [1.54, 1.807) is 6.07 Å². The number of benzene rings is 1. The van der Waals surface area contributed by atoms with Gasteiger partial charge in [-0.2, -0.15) is 0 Å². The summed E-state index contributed by atoms with van der Waals surface area (Å²) in [4.78, 5) is 25.0. The Morgan fingerprint density at radius 2 is 2.04 bits per heavy atom. The Morgan fingerprint density at radius 1 is 1.30 bits per heavy atom. The van der Waals surface area contributed by atoms with Gasteiger partial charge in [-0.25, -0.2) is 0 Å². The van der Waals surface area contributed by atoms with E-state index in [4.69, 9.17) is 0 Å². The first kappa shape index (κ1) is 17.5. The number of nitrogens with one attached hydrogen (secondary N) is 3. The third kappa shape index (κ3) is 5.06. The van der Waals surface area contributed by atoms with Gasteiger partial charge < -0.3 is 16.0 Å². The molecule has 0 aromatic heterocycles. The molecule has 5 heteroatoms. The first-order valence-corrected chi connectivity index (χ1v) is 8.35. The Bertz CT molecular complexity index is 551. The third-order valence-electron chi connectivity index (χ3n) is 4.13. The summed E-state index contributed by atoms with van der Waals surface area (Å²) in [6.45, 7) is 7.73. The topological polar surface area (TPSA) is 70.2 Å². The van der Waals surface area contributed by atoms with E-state index in [1.807, 2.05) is 25.1 Å². The molecule has 5 nitrogen and oxygen atoms in total. The second kappa shape index (κ2) is 8.11. The van der Waals surface area contributed by atoms with Gasteiger partial charge in [0.25, 0.3) is 5.91 Å². The maximum absolute atomic E-state index is 12.5. The molecule has 2 atom stereocenters. The van der Waals surface area contributed by atoms with Crippen molar-refractivity contribution in [1.82, 2.24) is 16.0 Å². The summed E-state index contributed by atoms with van der Waals surface area (Å²) < 4.78 is 0. The lowest BCUT2D eigenvalue weighted by Crippen LogP contribution is -2.50. The summed E-state index contributed by atoms with van der Waals surface area (Å²) in [5.41, 5.74) is 1.53. The zero-order valence-corrected chi connectivity index (χ0v) is 14.2.